The lowest BCUT2D eigenvalue weighted by atomic mass is 10.4. The van der Waals surface area contributed by atoms with Crippen molar-refractivity contribution >= 4 is 23.6 Å². The first kappa shape index (κ1) is 19.0. The topological polar surface area (TPSA) is 106 Å². The molecule has 2 amide bonds. The summed E-state index contributed by atoms with van der Waals surface area (Å²) < 4.78 is 10.6. The molecule has 0 saturated carbocycles. The lowest BCUT2D eigenvalue weighted by Crippen LogP contribution is -3.04. The van der Waals surface area contributed by atoms with E-state index < -0.39 is 0 Å². The molecule has 2 aromatic heterocycles. The zero-order valence-corrected chi connectivity index (χ0v) is 15.3. The van der Waals surface area contributed by atoms with Crippen LogP contribution < -0.4 is 10.2 Å². The molecule has 0 radical (unpaired) electrons. The van der Waals surface area contributed by atoms with E-state index in [9.17, 15) is 9.59 Å². The molecule has 0 unspecified atom stereocenters. The predicted molar refractivity (Wildman–Crippen MR) is 89.7 cm³/mol. The number of thioether (sulfide) groups is 1. The van der Waals surface area contributed by atoms with Crippen LogP contribution in [0.2, 0.25) is 0 Å². The number of amides is 2. The highest BCUT2D eigenvalue weighted by molar-refractivity contribution is 7.99. The van der Waals surface area contributed by atoms with E-state index >= 15 is 0 Å². The molecule has 136 valence electrons. The standard InChI is InChI=1S/C15H21N5O4S/c1-19(2)9-13-17-18-15(24-13)25-10-14(22)20(3)8-12(21)16-7-11-5-4-6-23-11/h4-6H,7-10H2,1-3H3,(H,16,21)/p+1. The van der Waals surface area contributed by atoms with Crippen molar-refractivity contribution in [1.29, 1.82) is 0 Å². The van der Waals surface area contributed by atoms with E-state index in [0.717, 1.165) is 16.7 Å². The molecule has 10 heteroatoms. The van der Waals surface area contributed by atoms with Crippen LogP contribution >= 0.6 is 11.8 Å². The maximum Gasteiger partial charge on any atom is 0.277 e. The second-order valence-electron chi connectivity index (χ2n) is 5.74. The van der Waals surface area contributed by atoms with Gasteiger partial charge in [0.05, 0.1) is 39.2 Å². The van der Waals surface area contributed by atoms with Gasteiger partial charge in [-0.25, -0.2) is 0 Å². The van der Waals surface area contributed by atoms with E-state index in [4.69, 9.17) is 8.83 Å². The lowest BCUT2D eigenvalue weighted by molar-refractivity contribution is -0.874. The first-order chi connectivity index (χ1) is 11.9. The Hall–Kier alpha value is -2.33. The summed E-state index contributed by atoms with van der Waals surface area (Å²) in [5.41, 5.74) is 0. The Morgan fingerprint density at radius 3 is 2.84 bits per heavy atom. The minimum atomic E-state index is -0.258. The van der Waals surface area contributed by atoms with Gasteiger partial charge in [0.15, 0.2) is 6.54 Å². The Kier molecular flexibility index (Phi) is 7.02. The zero-order chi connectivity index (χ0) is 18.2. The fraction of sp³-hybridized carbons (Fsp3) is 0.467. The molecule has 2 N–H and O–H groups in total. The Morgan fingerprint density at radius 2 is 2.16 bits per heavy atom. The van der Waals surface area contributed by atoms with Gasteiger partial charge in [-0.2, -0.15) is 0 Å². The van der Waals surface area contributed by atoms with Crippen LogP contribution in [0.25, 0.3) is 0 Å². The zero-order valence-electron chi connectivity index (χ0n) is 14.4. The van der Waals surface area contributed by atoms with Crippen LogP contribution in [-0.4, -0.2) is 60.4 Å². The second-order valence-corrected chi connectivity index (χ2v) is 6.67. The molecule has 0 aliphatic heterocycles. The first-order valence-electron chi connectivity index (χ1n) is 7.71. The molecule has 0 aliphatic carbocycles. The van der Waals surface area contributed by atoms with Crippen LogP contribution in [-0.2, 0) is 22.7 Å². The van der Waals surface area contributed by atoms with Gasteiger partial charge in [0.2, 0.25) is 11.8 Å². The Balaban J connectivity index is 1.70. The molecule has 2 heterocycles. The maximum atomic E-state index is 12.1. The number of aromatic nitrogens is 2. The number of hydrogen-bond donors (Lipinski definition) is 2. The third-order valence-electron chi connectivity index (χ3n) is 3.12. The van der Waals surface area contributed by atoms with E-state index in [0.29, 0.717) is 30.0 Å². The minimum absolute atomic E-state index is 0.0286. The number of quaternary nitrogens is 1. The number of likely N-dealkylation sites (N-methyl/N-ethyl adjacent to an activating group) is 1. The van der Waals surface area contributed by atoms with E-state index in [1.807, 2.05) is 14.1 Å². The van der Waals surface area contributed by atoms with Gasteiger partial charge in [-0.1, -0.05) is 11.8 Å². The Morgan fingerprint density at radius 1 is 1.36 bits per heavy atom. The summed E-state index contributed by atoms with van der Waals surface area (Å²) >= 11 is 1.16. The lowest BCUT2D eigenvalue weighted by Gasteiger charge is -2.15. The van der Waals surface area contributed by atoms with Gasteiger partial charge in [0.1, 0.15) is 5.76 Å². The van der Waals surface area contributed by atoms with Gasteiger partial charge in [-0.05, 0) is 12.1 Å². The van der Waals surface area contributed by atoms with Crippen molar-refractivity contribution in [1.82, 2.24) is 20.4 Å². The summed E-state index contributed by atoms with van der Waals surface area (Å²) in [5, 5.41) is 10.8. The quantitative estimate of drug-likeness (QED) is 0.557. The molecule has 0 saturated heterocycles. The number of hydrogen-bond acceptors (Lipinski definition) is 7. The number of carbonyl (C=O) groups is 2. The summed E-state index contributed by atoms with van der Waals surface area (Å²) in [7, 11) is 5.53. The SMILES string of the molecule is CN(CC(=O)NCc1ccco1)C(=O)CSc1nnc(C[NH+](C)C)o1. The van der Waals surface area contributed by atoms with Gasteiger partial charge in [0.25, 0.3) is 11.1 Å². The van der Waals surface area contributed by atoms with Crippen LogP contribution in [0, 0.1) is 0 Å². The van der Waals surface area contributed by atoms with Crippen LogP contribution in [0.1, 0.15) is 11.7 Å². The monoisotopic (exact) mass is 368 g/mol. The average Bonchev–Trinajstić information content (AvgIpc) is 3.21. The van der Waals surface area contributed by atoms with Gasteiger partial charge < -0.3 is 24.0 Å². The highest BCUT2D eigenvalue weighted by atomic mass is 32.2. The normalized spacial score (nSPS) is 10.9. The van der Waals surface area contributed by atoms with E-state index in [1.54, 1.807) is 19.2 Å². The largest absolute Gasteiger partial charge is 0.467 e. The van der Waals surface area contributed by atoms with Gasteiger partial charge in [0, 0.05) is 7.05 Å². The van der Waals surface area contributed by atoms with Crippen molar-refractivity contribution in [3.8, 4) is 0 Å². The van der Waals surface area contributed by atoms with Crippen LogP contribution in [0.3, 0.4) is 0 Å². The average molecular weight is 368 g/mol. The molecular formula is C15H22N5O4S+. The summed E-state index contributed by atoms with van der Waals surface area (Å²) in [6, 6.07) is 3.51. The third-order valence-corrected chi connectivity index (χ3v) is 3.92. The smallest absolute Gasteiger partial charge is 0.277 e. The highest BCUT2D eigenvalue weighted by Gasteiger charge is 2.16. The number of carbonyl (C=O) groups excluding carboxylic acids is 2. The molecule has 9 nitrogen and oxygen atoms in total. The molecule has 0 atom stereocenters. The van der Waals surface area contributed by atoms with Crippen molar-refractivity contribution in [2.75, 3.05) is 33.4 Å². The highest BCUT2D eigenvalue weighted by Crippen LogP contribution is 2.16. The Labute approximate surface area is 149 Å². The van der Waals surface area contributed by atoms with Crippen molar-refractivity contribution < 1.29 is 23.3 Å². The molecular weight excluding hydrogens is 346 g/mol. The van der Waals surface area contributed by atoms with Crippen LogP contribution in [0.4, 0.5) is 0 Å². The predicted octanol–water partition coefficient (Wildman–Crippen LogP) is -0.826. The van der Waals surface area contributed by atoms with Crippen molar-refractivity contribution in [2.45, 2.75) is 18.3 Å². The molecule has 2 rings (SSSR count). The molecule has 0 bridgehead atoms. The van der Waals surface area contributed by atoms with Gasteiger partial charge >= 0.3 is 0 Å². The van der Waals surface area contributed by atoms with E-state index in [2.05, 4.69) is 15.5 Å². The van der Waals surface area contributed by atoms with Crippen molar-refractivity contribution in [2.24, 2.45) is 0 Å². The second kappa shape index (κ2) is 9.23. The number of nitrogens with one attached hydrogen (secondary N) is 2. The van der Waals surface area contributed by atoms with Gasteiger partial charge in [-0.15, -0.1) is 10.2 Å². The van der Waals surface area contributed by atoms with E-state index in [1.165, 1.54) is 11.2 Å². The summed E-state index contributed by atoms with van der Waals surface area (Å²) in [6.45, 7) is 0.887. The Bertz CT molecular complexity index is 686. The molecule has 0 aliphatic rings. The van der Waals surface area contributed by atoms with Crippen LogP contribution in [0.5, 0.6) is 0 Å². The van der Waals surface area contributed by atoms with Gasteiger partial charge in [-0.3, -0.25) is 9.59 Å². The number of rotatable bonds is 9. The summed E-state index contributed by atoms with van der Waals surface area (Å²) in [6.07, 6.45) is 1.54. The summed E-state index contributed by atoms with van der Waals surface area (Å²) in [4.78, 5) is 26.4. The first-order valence-corrected chi connectivity index (χ1v) is 8.70. The van der Waals surface area contributed by atoms with Crippen molar-refractivity contribution in [3.63, 3.8) is 0 Å². The molecule has 0 spiro atoms. The van der Waals surface area contributed by atoms with E-state index in [-0.39, 0.29) is 24.1 Å². The minimum Gasteiger partial charge on any atom is -0.467 e. The molecule has 0 fully saturated rings. The molecule has 2 aromatic rings. The summed E-state index contributed by atoms with van der Waals surface area (Å²) in [5.74, 6) is 0.853. The molecule has 25 heavy (non-hydrogen) atoms. The number of nitrogens with zero attached hydrogens (tertiary/aromatic N) is 3. The molecule has 0 aromatic carbocycles. The van der Waals surface area contributed by atoms with Crippen molar-refractivity contribution in [3.05, 3.63) is 30.0 Å². The fourth-order valence-electron chi connectivity index (χ4n) is 1.86. The fourth-order valence-corrected chi connectivity index (χ4v) is 2.58. The number of furan rings is 1. The van der Waals surface area contributed by atoms with Crippen LogP contribution in [0.15, 0.2) is 32.5 Å². The third kappa shape index (κ3) is 6.59. The maximum absolute atomic E-state index is 12.1.